The van der Waals surface area contributed by atoms with Crippen LogP contribution in [0, 0.1) is 5.92 Å². The van der Waals surface area contributed by atoms with E-state index in [1.165, 1.54) is 12.8 Å². The van der Waals surface area contributed by atoms with Crippen LogP contribution in [-0.2, 0) is 15.6 Å². The van der Waals surface area contributed by atoms with Gasteiger partial charge in [-0.3, -0.25) is 0 Å². The number of nitrogens with two attached hydrogens (primary N) is 1. The van der Waals surface area contributed by atoms with Crippen LogP contribution in [0.4, 0.5) is 0 Å². The van der Waals surface area contributed by atoms with Crippen LogP contribution in [0.15, 0.2) is 24.3 Å². The first-order chi connectivity index (χ1) is 10.8. The highest BCUT2D eigenvalue weighted by molar-refractivity contribution is 7.89. The maximum Gasteiger partial charge on any atom is 0.212 e. The van der Waals surface area contributed by atoms with E-state index in [0.717, 1.165) is 17.9 Å². The van der Waals surface area contributed by atoms with E-state index in [0.29, 0.717) is 25.3 Å². The van der Waals surface area contributed by atoms with Crippen molar-refractivity contribution in [1.29, 1.82) is 0 Å². The van der Waals surface area contributed by atoms with Crippen LogP contribution in [0.1, 0.15) is 45.1 Å². The van der Waals surface area contributed by atoms with Gasteiger partial charge in [-0.1, -0.05) is 12.1 Å². The zero-order valence-electron chi connectivity index (χ0n) is 14.0. The molecule has 1 aromatic rings. The quantitative estimate of drug-likeness (QED) is 0.641. The molecule has 1 fully saturated rings. The number of unbranched alkanes of at least 4 members (excludes halogenated alkanes) is 1. The van der Waals surface area contributed by atoms with Crippen LogP contribution in [0.5, 0.6) is 5.75 Å². The molecule has 6 heteroatoms. The predicted molar refractivity (Wildman–Crippen MR) is 92.9 cm³/mol. The molecular formula is C17H28N2O3S. The van der Waals surface area contributed by atoms with Crippen molar-refractivity contribution < 1.29 is 13.2 Å². The van der Waals surface area contributed by atoms with Gasteiger partial charge in [0.25, 0.3) is 0 Å². The van der Waals surface area contributed by atoms with Gasteiger partial charge in [-0.05, 0) is 69.7 Å². The van der Waals surface area contributed by atoms with Gasteiger partial charge in [0.05, 0.1) is 17.9 Å². The van der Waals surface area contributed by atoms with Crippen molar-refractivity contribution in [3.63, 3.8) is 0 Å². The van der Waals surface area contributed by atoms with Gasteiger partial charge < -0.3 is 10.5 Å². The molecule has 0 radical (unpaired) electrons. The van der Waals surface area contributed by atoms with E-state index in [-0.39, 0.29) is 5.75 Å². The first kappa shape index (κ1) is 18.2. The van der Waals surface area contributed by atoms with E-state index in [1.807, 2.05) is 38.1 Å². The molecule has 23 heavy (non-hydrogen) atoms. The standard InChI is InChI=1S/C17H28N2O3S/c1-17(2,19-23(20,21)11-4-3-10-18)15-6-5-7-16(12-15)22-13-14-8-9-14/h5-7,12,14,19H,3-4,8-11,13,18H2,1-2H3. The number of hydrogen-bond donors (Lipinski definition) is 2. The summed E-state index contributed by atoms with van der Waals surface area (Å²) in [6.45, 7) is 4.99. The van der Waals surface area contributed by atoms with Crippen LogP contribution >= 0.6 is 0 Å². The van der Waals surface area contributed by atoms with Crippen LogP contribution < -0.4 is 15.2 Å². The molecule has 0 aliphatic heterocycles. The predicted octanol–water partition coefficient (Wildman–Crippen LogP) is 2.37. The van der Waals surface area contributed by atoms with Gasteiger partial charge in [-0.25, -0.2) is 13.1 Å². The molecule has 3 N–H and O–H groups in total. The molecule has 0 atom stereocenters. The fraction of sp³-hybridized carbons (Fsp3) is 0.647. The molecule has 1 aliphatic rings. The van der Waals surface area contributed by atoms with Crippen molar-refractivity contribution in [2.24, 2.45) is 11.7 Å². The summed E-state index contributed by atoms with van der Waals surface area (Å²) >= 11 is 0. The van der Waals surface area contributed by atoms with Crippen LogP contribution in [0.25, 0.3) is 0 Å². The summed E-state index contributed by atoms with van der Waals surface area (Å²) < 4.78 is 33.0. The average molecular weight is 340 g/mol. The van der Waals surface area contributed by atoms with Crippen molar-refractivity contribution in [3.8, 4) is 5.75 Å². The SMILES string of the molecule is CC(C)(NS(=O)(=O)CCCCN)c1cccc(OCC2CC2)c1. The molecular weight excluding hydrogens is 312 g/mol. The minimum absolute atomic E-state index is 0.103. The Labute approximate surface area is 139 Å². The molecule has 0 bridgehead atoms. The highest BCUT2D eigenvalue weighted by atomic mass is 32.2. The van der Waals surface area contributed by atoms with E-state index in [1.54, 1.807) is 0 Å². The lowest BCUT2D eigenvalue weighted by atomic mass is 9.95. The Morgan fingerprint density at radius 2 is 2.04 bits per heavy atom. The van der Waals surface area contributed by atoms with Crippen molar-refractivity contribution >= 4 is 10.0 Å². The van der Waals surface area contributed by atoms with Gasteiger partial charge in [-0.2, -0.15) is 0 Å². The first-order valence-corrected chi connectivity index (χ1v) is 9.93. The van der Waals surface area contributed by atoms with Crippen LogP contribution in [0.3, 0.4) is 0 Å². The van der Waals surface area contributed by atoms with Crippen molar-refractivity contribution in [2.45, 2.75) is 45.1 Å². The molecule has 1 aromatic carbocycles. The summed E-state index contributed by atoms with van der Waals surface area (Å²) in [7, 11) is -3.33. The smallest absolute Gasteiger partial charge is 0.212 e. The second-order valence-electron chi connectivity index (χ2n) is 6.82. The van der Waals surface area contributed by atoms with Crippen LogP contribution in [0.2, 0.25) is 0 Å². The lowest BCUT2D eigenvalue weighted by Gasteiger charge is -2.27. The highest BCUT2D eigenvalue weighted by Gasteiger charge is 2.27. The molecule has 2 rings (SSSR count). The third kappa shape index (κ3) is 6.12. The second kappa shape index (κ2) is 7.64. The van der Waals surface area contributed by atoms with Gasteiger partial charge in [-0.15, -0.1) is 0 Å². The lowest BCUT2D eigenvalue weighted by Crippen LogP contribution is -2.42. The van der Waals surface area contributed by atoms with E-state index < -0.39 is 15.6 Å². The van der Waals surface area contributed by atoms with Crippen molar-refractivity contribution in [2.75, 3.05) is 18.9 Å². The molecule has 0 heterocycles. The Morgan fingerprint density at radius 3 is 2.70 bits per heavy atom. The van der Waals surface area contributed by atoms with E-state index in [4.69, 9.17) is 10.5 Å². The summed E-state index contributed by atoms with van der Waals surface area (Å²) in [5.41, 5.74) is 5.63. The normalized spacial score (nSPS) is 15.6. The minimum atomic E-state index is -3.33. The van der Waals surface area contributed by atoms with Gasteiger partial charge >= 0.3 is 0 Å². The fourth-order valence-corrected chi connectivity index (χ4v) is 3.99. The molecule has 0 saturated heterocycles. The molecule has 130 valence electrons. The highest BCUT2D eigenvalue weighted by Crippen LogP contribution is 2.30. The monoisotopic (exact) mass is 340 g/mol. The van der Waals surface area contributed by atoms with E-state index in [2.05, 4.69) is 4.72 Å². The van der Waals surface area contributed by atoms with Gasteiger partial charge in [0.1, 0.15) is 5.75 Å². The lowest BCUT2D eigenvalue weighted by molar-refractivity contribution is 0.298. The van der Waals surface area contributed by atoms with E-state index in [9.17, 15) is 8.42 Å². The molecule has 0 aromatic heterocycles. The maximum atomic E-state index is 12.2. The third-order valence-electron chi connectivity index (χ3n) is 4.02. The number of ether oxygens (including phenoxy) is 1. The average Bonchev–Trinajstić information content (AvgIpc) is 3.29. The second-order valence-corrected chi connectivity index (χ2v) is 8.67. The number of sulfonamides is 1. The van der Waals surface area contributed by atoms with E-state index >= 15 is 0 Å². The minimum Gasteiger partial charge on any atom is -0.493 e. The number of rotatable bonds is 10. The zero-order chi connectivity index (χ0) is 16.9. The molecule has 1 saturated carbocycles. The Balaban J connectivity index is 2.00. The summed E-state index contributed by atoms with van der Waals surface area (Å²) in [4.78, 5) is 0. The number of nitrogens with one attached hydrogen (secondary N) is 1. The number of benzene rings is 1. The Bertz CT molecular complexity index is 610. The Kier molecular flexibility index (Phi) is 6.06. The van der Waals surface area contributed by atoms with Gasteiger partial charge in [0.2, 0.25) is 10.0 Å². The fourth-order valence-electron chi connectivity index (χ4n) is 2.41. The largest absolute Gasteiger partial charge is 0.493 e. The van der Waals surface area contributed by atoms with Crippen molar-refractivity contribution in [1.82, 2.24) is 4.72 Å². The van der Waals surface area contributed by atoms with Gasteiger partial charge in [0, 0.05) is 0 Å². The third-order valence-corrected chi connectivity index (χ3v) is 5.66. The number of hydrogen-bond acceptors (Lipinski definition) is 4. The molecule has 0 amide bonds. The molecule has 1 aliphatic carbocycles. The topological polar surface area (TPSA) is 81.4 Å². The summed E-state index contributed by atoms with van der Waals surface area (Å²) in [5, 5.41) is 0. The molecule has 0 spiro atoms. The van der Waals surface area contributed by atoms with Crippen molar-refractivity contribution in [3.05, 3.63) is 29.8 Å². The zero-order valence-corrected chi connectivity index (χ0v) is 14.9. The van der Waals surface area contributed by atoms with Gasteiger partial charge in [0.15, 0.2) is 0 Å². The Morgan fingerprint density at radius 1 is 1.30 bits per heavy atom. The van der Waals surface area contributed by atoms with Crippen LogP contribution in [-0.4, -0.2) is 27.3 Å². The Hall–Kier alpha value is -1.11. The summed E-state index contributed by atoms with van der Waals surface area (Å²) in [6.07, 6.45) is 3.78. The molecule has 5 nitrogen and oxygen atoms in total. The molecule has 0 unspecified atom stereocenters. The maximum absolute atomic E-state index is 12.2. The summed E-state index contributed by atoms with van der Waals surface area (Å²) in [5.74, 6) is 1.59. The summed E-state index contributed by atoms with van der Waals surface area (Å²) in [6, 6.07) is 7.66. The first-order valence-electron chi connectivity index (χ1n) is 8.27.